The second-order valence-electron chi connectivity index (χ2n) is 5.25. The van der Waals surface area contributed by atoms with Crippen molar-refractivity contribution in [2.45, 2.75) is 40.2 Å². The van der Waals surface area contributed by atoms with Gasteiger partial charge in [0.2, 0.25) is 5.91 Å². The Morgan fingerprint density at radius 3 is 2.21 bits per heavy atom. The van der Waals surface area contributed by atoms with Gasteiger partial charge in [-0.15, -0.1) is 0 Å². The summed E-state index contributed by atoms with van der Waals surface area (Å²) < 4.78 is 29.9. The Morgan fingerprint density at radius 1 is 1.08 bits per heavy atom. The summed E-state index contributed by atoms with van der Waals surface area (Å²) in [5.74, 6) is -1.57. The van der Waals surface area contributed by atoms with Crippen molar-refractivity contribution in [2.75, 3.05) is 19.9 Å². The molecule has 0 aliphatic rings. The number of carbonyl (C=O) groups excluding carboxylic acids is 3. The van der Waals surface area contributed by atoms with Gasteiger partial charge < -0.3 is 24.2 Å². The number of phosphoric acid groups is 1. The topological polar surface area (TPSA) is 140 Å². The summed E-state index contributed by atoms with van der Waals surface area (Å²) in [5.41, 5.74) is 0. The zero-order valence-corrected chi connectivity index (χ0v) is 15.0. The molecule has 10 nitrogen and oxygen atoms in total. The van der Waals surface area contributed by atoms with Gasteiger partial charge in [-0.25, -0.2) is 0 Å². The molecule has 0 aliphatic heterocycles. The maximum Gasteiger partial charge on any atom is 0.303 e. The summed E-state index contributed by atoms with van der Waals surface area (Å²) >= 11 is 0. The van der Waals surface area contributed by atoms with Gasteiger partial charge in [0.05, 0.1) is 6.61 Å². The monoisotopic (exact) mass is 368 g/mol. The van der Waals surface area contributed by atoms with Gasteiger partial charge in [0.25, 0.3) is 7.82 Å². The molecule has 1 amide bonds. The van der Waals surface area contributed by atoms with E-state index in [4.69, 9.17) is 4.74 Å². The molecule has 0 aromatic rings. The molecule has 0 saturated heterocycles. The van der Waals surface area contributed by atoms with Gasteiger partial charge in [-0.1, -0.05) is 13.8 Å². The fourth-order valence-electron chi connectivity index (χ4n) is 1.41. The van der Waals surface area contributed by atoms with Crippen LogP contribution in [0.1, 0.15) is 34.1 Å². The minimum Gasteiger partial charge on any atom is -0.756 e. The molecule has 0 aromatic carbocycles. The third-order valence-electron chi connectivity index (χ3n) is 2.31. The number of hydrogen-bond acceptors (Lipinski definition) is 9. The third-order valence-corrected chi connectivity index (χ3v) is 3.22. The van der Waals surface area contributed by atoms with Crippen LogP contribution >= 0.6 is 7.82 Å². The summed E-state index contributed by atoms with van der Waals surface area (Å²) in [6.07, 6.45) is -0.877. The van der Waals surface area contributed by atoms with Gasteiger partial charge in [-0.2, -0.15) is 0 Å². The summed E-state index contributed by atoms with van der Waals surface area (Å²) in [4.78, 5) is 44.5. The van der Waals surface area contributed by atoms with Crippen molar-refractivity contribution in [3.05, 3.63) is 0 Å². The first-order valence-electron chi connectivity index (χ1n) is 7.19. The standard InChI is InChI=1S/C13H24NO9P/c1-9(2)5-13(17)14-8-22-24(18,19)21-7-12(23-11(4)16)6-20-10(3)15/h9,12H,5-8H2,1-4H3,(H,14,17)(H,18,19)/p-1. The molecule has 0 aliphatic carbocycles. The van der Waals surface area contributed by atoms with Crippen molar-refractivity contribution in [1.29, 1.82) is 0 Å². The lowest BCUT2D eigenvalue weighted by atomic mass is 10.1. The number of ether oxygens (including phenoxy) is 2. The Balaban J connectivity index is 4.28. The Hall–Kier alpha value is -1.48. The molecule has 0 heterocycles. The average molecular weight is 368 g/mol. The first kappa shape index (κ1) is 22.5. The predicted molar refractivity (Wildman–Crippen MR) is 79.3 cm³/mol. The molecule has 11 heteroatoms. The molecule has 2 unspecified atom stereocenters. The second-order valence-corrected chi connectivity index (χ2v) is 6.66. The van der Waals surface area contributed by atoms with Crippen LogP contribution in [0.5, 0.6) is 0 Å². The lowest BCUT2D eigenvalue weighted by Gasteiger charge is -2.25. The lowest BCUT2D eigenvalue weighted by molar-refractivity contribution is -0.228. The largest absolute Gasteiger partial charge is 0.756 e. The van der Waals surface area contributed by atoms with Gasteiger partial charge >= 0.3 is 11.9 Å². The highest BCUT2D eigenvalue weighted by atomic mass is 31.2. The molecule has 0 bridgehead atoms. The molecule has 140 valence electrons. The molecule has 24 heavy (non-hydrogen) atoms. The summed E-state index contributed by atoms with van der Waals surface area (Å²) in [7, 11) is -4.72. The van der Waals surface area contributed by atoms with Crippen molar-refractivity contribution in [3.8, 4) is 0 Å². The summed E-state index contributed by atoms with van der Waals surface area (Å²) in [6, 6.07) is 0. The van der Waals surface area contributed by atoms with Gasteiger partial charge in [0.1, 0.15) is 13.3 Å². The number of carbonyl (C=O) groups is 3. The van der Waals surface area contributed by atoms with E-state index >= 15 is 0 Å². The molecule has 1 N–H and O–H groups in total. The number of nitrogens with one attached hydrogen (secondary N) is 1. The van der Waals surface area contributed by atoms with E-state index in [0.29, 0.717) is 0 Å². The van der Waals surface area contributed by atoms with Crippen molar-refractivity contribution in [3.63, 3.8) is 0 Å². The highest BCUT2D eigenvalue weighted by Crippen LogP contribution is 2.37. The Labute approximate surface area is 140 Å². The number of hydrogen-bond donors (Lipinski definition) is 1. The van der Waals surface area contributed by atoms with Crippen LogP contribution in [-0.2, 0) is 37.5 Å². The predicted octanol–water partition coefficient (Wildman–Crippen LogP) is 0.103. The summed E-state index contributed by atoms with van der Waals surface area (Å²) in [5, 5.41) is 2.26. The number of phosphoric ester groups is 1. The van der Waals surface area contributed by atoms with E-state index in [1.54, 1.807) is 0 Å². The van der Waals surface area contributed by atoms with Gasteiger partial charge in [0.15, 0.2) is 6.10 Å². The van der Waals surface area contributed by atoms with E-state index in [2.05, 4.69) is 19.1 Å². The van der Waals surface area contributed by atoms with Crippen molar-refractivity contribution >= 4 is 25.7 Å². The van der Waals surface area contributed by atoms with Crippen LogP contribution in [0, 0.1) is 5.92 Å². The van der Waals surface area contributed by atoms with Crippen molar-refractivity contribution < 1.29 is 42.4 Å². The Kier molecular flexibility index (Phi) is 10.5. The van der Waals surface area contributed by atoms with Gasteiger partial charge in [-0.05, 0) is 5.92 Å². The van der Waals surface area contributed by atoms with Crippen LogP contribution in [0.2, 0.25) is 0 Å². The van der Waals surface area contributed by atoms with E-state index in [9.17, 15) is 23.8 Å². The maximum atomic E-state index is 11.5. The number of amides is 1. The Morgan fingerprint density at radius 2 is 1.71 bits per heavy atom. The smallest absolute Gasteiger partial charge is 0.303 e. The molecule has 0 fully saturated rings. The molecule has 0 spiro atoms. The highest BCUT2D eigenvalue weighted by Gasteiger charge is 2.19. The second kappa shape index (κ2) is 11.1. The maximum absolute atomic E-state index is 11.5. The van der Waals surface area contributed by atoms with E-state index < -0.39 is 39.2 Å². The molecular formula is C13H23NO9P-. The average Bonchev–Trinajstić information content (AvgIpc) is 2.40. The molecule has 0 rings (SSSR count). The number of rotatable bonds is 11. The van der Waals surface area contributed by atoms with Crippen molar-refractivity contribution in [1.82, 2.24) is 5.32 Å². The summed E-state index contributed by atoms with van der Waals surface area (Å²) in [6.45, 7) is 4.40. The molecule has 2 atom stereocenters. The molecule has 0 radical (unpaired) electrons. The molecule has 0 saturated carbocycles. The van der Waals surface area contributed by atoms with E-state index in [1.165, 1.54) is 0 Å². The molecular weight excluding hydrogens is 345 g/mol. The van der Waals surface area contributed by atoms with Crippen LogP contribution in [0.25, 0.3) is 0 Å². The third kappa shape index (κ3) is 13.0. The lowest BCUT2D eigenvalue weighted by Crippen LogP contribution is -2.30. The Bertz CT molecular complexity index is 480. The van der Waals surface area contributed by atoms with Crippen LogP contribution in [0.3, 0.4) is 0 Å². The van der Waals surface area contributed by atoms with Crippen LogP contribution in [0.4, 0.5) is 0 Å². The fraction of sp³-hybridized carbons (Fsp3) is 0.769. The number of esters is 2. The van der Waals surface area contributed by atoms with Gasteiger partial charge in [-0.3, -0.25) is 23.5 Å². The zero-order chi connectivity index (χ0) is 18.8. The zero-order valence-electron chi connectivity index (χ0n) is 14.1. The van der Waals surface area contributed by atoms with Crippen LogP contribution in [-0.4, -0.2) is 43.9 Å². The van der Waals surface area contributed by atoms with E-state index in [-0.39, 0.29) is 24.9 Å². The first-order valence-corrected chi connectivity index (χ1v) is 8.65. The minimum absolute atomic E-state index is 0.117. The quantitative estimate of drug-likeness (QED) is 0.305. The van der Waals surface area contributed by atoms with Crippen LogP contribution < -0.4 is 10.2 Å². The fourth-order valence-corrected chi connectivity index (χ4v) is 2.05. The minimum atomic E-state index is -4.72. The normalized spacial score (nSPS) is 14.6. The SMILES string of the molecule is CC(=O)OCC(COP(=O)([O-])OCNC(=O)CC(C)C)OC(C)=O. The first-order chi connectivity index (χ1) is 11.0. The van der Waals surface area contributed by atoms with Gasteiger partial charge in [0, 0.05) is 20.3 Å². The van der Waals surface area contributed by atoms with E-state index in [0.717, 1.165) is 13.8 Å². The van der Waals surface area contributed by atoms with Crippen molar-refractivity contribution in [2.24, 2.45) is 5.92 Å². The highest BCUT2D eigenvalue weighted by molar-refractivity contribution is 7.45. The van der Waals surface area contributed by atoms with Crippen LogP contribution in [0.15, 0.2) is 0 Å². The molecule has 0 aromatic heterocycles. The van der Waals surface area contributed by atoms with E-state index in [1.807, 2.05) is 13.8 Å².